The maximum absolute atomic E-state index is 11.8. The Morgan fingerprint density at radius 2 is 1.94 bits per heavy atom. The summed E-state index contributed by atoms with van der Waals surface area (Å²) in [4.78, 5) is 14.1. The molecule has 0 heterocycles. The number of sulfonamides is 1. The molecule has 0 saturated heterocycles. The minimum Gasteiger partial charge on any atom is -0.273 e. The molecular weight excluding hydrogens is 237 g/mol. The van der Waals surface area contributed by atoms with E-state index in [-0.39, 0.29) is 11.3 Å². The van der Waals surface area contributed by atoms with Crippen molar-refractivity contribution < 1.29 is 22.7 Å². The van der Waals surface area contributed by atoms with E-state index < -0.39 is 16.0 Å². The summed E-state index contributed by atoms with van der Waals surface area (Å²) in [5, 5.41) is 0. The van der Waals surface area contributed by atoms with Gasteiger partial charge in [-0.15, -0.1) is 0 Å². The van der Waals surface area contributed by atoms with Crippen molar-refractivity contribution in [1.29, 1.82) is 0 Å². The van der Waals surface area contributed by atoms with E-state index in [1.807, 2.05) is 0 Å². The highest BCUT2D eigenvalue weighted by atomic mass is 32.2. The monoisotopic (exact) mass is 247 g/mol. The zero-order chi connectivity index (χ0) is 12.3. The van der Waals surface area contributed by atoms with Gasteiger partial charge in [0, 0.05) is 11.6 Å². The Balaban J connectivity index is 3.29. The summed E-state index contributed by atoms with van der Waals surface area (Å²) >= 11 is 0. The van der Waals surface area contributed by atoms with Gasteiger partial charge in [0.15, 0.2) is 0 Å². The van der Waals surface area contributed by atoms with Gasteiger partial charge < -0.3 is 0 Å². The van der Waals surface area contributed by atoms with Crippen molar-refractivity contribution in [3.63, 3.8) is 0 Å². The van der Waals surface area contributed by atoms with Crippen LogP contribution in [0.5, 0.6) is 0 Å². The highest BCUT2D eigenvalue weighted by Gasteiger charge is 2.20. The van der Waals surface area contributed by atoms with E-state index in [1.165, 1.54) is 31.3 Å². The van der Waals surface area contributed by atoms with Gasteiger partial charge >= 0.3 is 5.97 Å². The molecule has 88 valence electrons. The van der Waals surface area contributed by atoms with Crippen molar-refractivity contribution in [2.24, 2.45) is 0 Å². The highest BCUT2D eigenvalue weighted by Crippen LogP contribution is 2.22. The molecule has 0 aliphatic heterocycles. The molecule has 0 saturated carbocycles. The summed E-state index contributed by atoms with van der Waals surface area (Å²) in [6.07, 6.45) is 0.977. The first-order valence-electron chi connectivity index (χ1n) is 4.23. The maximum Gasteiger partial charge on any atom is 0.381 e. The summed E-state index contributed by atoms with van der Waals surface area (Å²) in [7, 11) is -2.25. The van der Waals surface area contributed by atoms with Crippen molar-refractivity contribution in [3.05, 3.63) is 29.8 Å². The van der Waals surface area contributed by atoms with Crippen molar-refractivity contribution in [2.75, 3.05) is 17.6 Å². The molecule has 0 radical (unpaired) electrons. The zero-order valence-corrected chi connectivity index (χ0v) is 9.49. The summed E-state index contributed by atoms with van der Waals surface area (Å²) in [6, 6.07) is 5.67. The third kappa shape index (κ3) is 2.48. The average Bonchev–Trinajstić information content (AvgIpc) is 2.25. The number of carbonyl (C=O) groups is 1. The molecule has 0 aliphatic rings. The Bertz CT molecular complexity index is 500. The first-order valence-corrected chi connectivity index (χ1v) is 6.08. The van der Waals surface area contributed by atoms with Crippen LogP contribution in [0.3, 0.4) is 0 Å². The largest absolute Gasteiger partial charge is 0.381 e. The Labute approximate surface area is 92.4 Å². The fourth-order valence-electron chi connectivity index (χ4n) is 1.14. The molecule has 0 N–H and O–H groups in total. The first kappa shape index (κ1) is 12.4. The van der Waals surface area contributed by atoms with E-state index in [0.29, 0.717) is 0 Å². The van der Waals surface area contributed by atoms with Gasteiger partial charge in [0.2, 0.25) is 10.0 Å². The van der Waals surface area contributed by atoms with Gasteiger partial charge in [-0.05, 0) is 12.1 Å². The molecule has 0 aliphatic carbocycles. The van der Waals surface area contributed by atoms with E-state index in [1.54, 1.807) is 0 Å². The third-order valence-electron chi connectivity index (χ3n) is 2.03. The number of hydrogen-bond acceptors (Lipinski definition) is 4. The Hall–Kier alpha value is -1.63. The van der Waals surface area contributed by atoms with Gasteiger partial charge in [-0.25, -0.2) is 18.2 Å². The molecule has 0 unspecified atom stereocenters. The molecule has 0 bridgehead atoms. The van der Waals surface area contributed by atoms with E-state index in [4.69, 9.17) is 0 Å². The number of rotatable bonds is 3. The number of para-hydroxylation sites is 1. The molecular formula is C9H10FNO4S. The van der Waals surface area contributed by atoms with Crippen molar-refractivity contribution in [3.8, 4) is 0 Å². The van der Waals surface area contributed by atoms with Crippen LogP contribution in [0.1, 0.15) is 10.4 Å². The second-order valence-corrected chi connectivity index (χ2v) is 5.13. The van der Waals surface area contributed by atoms with Gasteiger partial charge in [0.25, 0.3) is 0 Å². The van der Waals surface area contributed by atoms with Crippen molar-refractivity contribution >= 4 is 21.7 Å². The van der Waals surface area contributed by atoms with Crippen LogP contribution in [0.25, 0.3) is 0 Å². The highest BCUT2D eigenvalue weighted by molar-refractivity contribution is 7.92. The standard InChI is InChI=1S/C9H10FNO4S/c1-11(16(2,13)14)8-6-4-3-5-7(8)9(12)15-10/h3-6H,1-2H3. The molecule has 0 fully saturated rings. The van der Waals surface area contributed by atoms with Gasteiger partial charge in [-0.2, -0.15) is 0 Å². The smallest absolute Gasteiger partial charge is 0.273 e. The Morgan fingerprint density at radius 1 is 1.38 bits per heavy atom. The quantitative estimate of drug-likeness (QED) is 0.803. The minimum atomic E-state index is -3.52. The number of anilines is 1. The predicted octanol–water partition coefficient (Wildman–Crippen LogP) is 1.12. The number of nitrogens with zero attached hydrogens (tertiary/aromatic N) is 1. The van der Waals surface area contributed by atoms with Gasteiger partial charge in [-0.1, -0.05) is 12.1 Å². The molecule has 0 aromatic heterocycles. The number of benzene rings is 1. The molecule has 1 aromatic carbocycles. The molecule has 7 heteroatoms. The number of hydrogen-bond donors (Lipinski definition) is 0. The number of carbonyl (C=O) groups excluding carboxylic acids is 1. The fourth-order valence-corrected chi connectivity index (χ4v) is 1.66. The lowest BCUT2D eigenvalue weighted by Crippen LogP contribution is -2.26. The summed E-state index contributed by atoms with van der Waals surface area (Å²) < 4.78 is 35.2. The van der Waals surface area contributed by atoms with Gasteiger partial charge in [-0.3, -0.25) is 4.31 Å². The van der Waals surface area contributed by atoms with E-state index in [0.717, 1.165) is 10.6 Å². The molecule has 0 spiro atoms. The van der Waals surface area contributed by atoms with Crippen LogP contribution < -0.4 is 4.31 Å². The first-order chi connectivity index (χ1) is 7.38. The topological polar surface area (TPSA) is 63.7 Å². The van der Waals surface area contributed by atoms with Crippen LogP contribution >= 0.6 is 0 Å². The lowest BCUT2D eigenvalue weighted by atomic mass is 10.2. The Kier molecular flexibility index (Phi) is 3.48. The van der Waals surface area contributed by atoms with E-state index >= 15 is 0 Å². The lowest BCUT2D eigenvalue weighted by Gasteiger charge is -2.18. The third-order valence-corrected chi connectivity index (χ3v) is 3.22. The predicted molar refractivity (Wildman–Crippen MR) is 56.2 cm³/mol. The molecule has 0 atom stereocenters. The Morgan fingerprint density at radius 3 is 2.44 bits per heavy atom. The van der Waals surface area contributed by atoms with Crippen LogP contribution in [-0.4, -0.2) is 27.7 Å². The van der Waals surface area contributed by atoms with Crippen LogP contribution in [0.4, 0.5) is 10.2 Å². The van der Waals surface area contributed by atoms with E-state index in [2.05, 4.69) is 4.94 Å². The molecule has 5 nitrogen and oxygen atoms in total. The molecule has 0 amide bonds. The van der Waals surface area contributed by atoms with Crippen LogP contribution in [0, 0.1) is 0 Å². The SMILES string of the molecule is CN(c1ccccc1C(=O)OF)S(C)(=O)=O. The van der Waals surface area contributed by atoms with Crippen molar-refractivity contribution in [1.82, 2.24) is 0 Å². The fraction of sp³-hybridized carbons (Fsp3) is 0.222. The zero-order valence-electron chi connectivity index (χ0n) is 8.68. The number of halogens is 1. The van der Waals surface area contributed by atoms with Crippen molar-refractivity contribution in [2.45, 2.75) is 0 Å². The lowest BCUT2D eigenvalue weighted by molar-refractivity contribution is -0.0787. The normalized spacial score (nSPS) is 10.9. The summed E-state index contributed by atoms with van der Waals surface area (Å²) in [5.41, 5.74) is -0.0921. The molecule has 1 rings (SSSR count). The van der Waals surface area contributed by atoms with Gasteiger partial charge in [0.05, 0.1) is 17.5 Å². The summed E-state index contributed by atoms with van der Waals surface area (Å²) in [5.74, 6) is -1.23. The van der Waals surface area contributed by atoms with Crippen LogP contribution in [0.2, 0.25) is 0 Å². The molecule has 1 aromatic rings. The van der Waals surface area contributed by atoms with Gasteiger partial charge in [0.1, 0.15) is 0 Å². The summed E-state index contributed by atoms with van der Waals surface area (Å²) in [6.45, 7) is 0. The maximum atomic E-state index is 11.8. The molecule has 16 heavy (non-hydrogen) atoms. The minimum absolute atomic E-state index is 0.0626. The van der Waals surface area contributed by atoms with Crippen LogP contribution in [0.15, 0.2) is 24.3 Å². The van der Waals surface area contributed by atoms with E-state index in [9.17, 15) is 17.7 Å². The average molecular weight is 247 g/mol. The second-order valence-electron chi connectivity index (χ2n) is 3.11. The second kappa shape index (κ2) is 4.48. The van der Waals surface area contributed by atoms with Crippen LogP contribution in [-0.2, 0) is 15.0 Å².